The minimum atomic E-state index is 0.195. The van der Waals surface area contributed by atoms with E-state index in [1.165, 1.54) is 10.4 Å². The average Bonchev–Trinajstić information content (AvgIpc) is 2.80. The molecule has 0 fully saturated rings. The first-order valence-electron chi connectivity index (χ1n) is 5.45. The fraction of sp³-hybridized carbons (Fsp3) is 0.214. The predicted octanol–water partition coefficient (Wildman–Crippen LogP) is 4.62. The molecule has 2 aromatic rings. The van der Waals surface area contributed by atoms with Crippen molar-refractivity contribution in [3.05, 3.63) is 56.7 Å². The Morgan fingerprint density at radius 2 is 2.00 bits per heavy atom. The second-order valence-corrected chi connectivity index (χ2v) is 5.92. The number of Topliss-reactive ketones (excluding diaryl/α,β-unsaturated/α-hetero) is 1. The van der Waals surface area contributed by atoms with E-state index in [1.54, 1.807) is 18.3 Å². The van der Waals surface area contributed by atoms with Gasteiger partial charge in [0.2, 0.25) is 0 Å². The third-order valence-corrected chi connectivity index (χ3v) is 4.17. The first kappa shape index (κ1) is 12.5. The van der Waals surface area contributed by atoms with Crippen LogP contribution in [0.4, 0.5) is 0 Å². The molecule has 3 heteroatoms. The van der Waals surface area contributed by atoms with Crippen molar-refractivity contribution in [1.29, 1.82) is 0 Å². The van der Waals surface area contributed by atoms with E-state index < -0.39 is 0 Å². The number of hydrogen-bond acceptors (Lipinski definition) is 2. The SMILES string of the molecule is CC(=O)CC(c1ccc(Br)cc1)c1cccs1. The molecular weight excluding hydrogens is 296 g/mol. The molecule has 0 aliphatic heterocycles. The number of rotatable bonds is 4. The van der Waals surface area contributed by atoms with Gasteiger partial charge in [-0.15, -0.1) is 11.3 Å². The summed E-state index contributed by atoms with van der Waals surface area (Å²) in [7, 11) is 0. The average molecular weight is 309 g/mol. The molecule has 0 N–H and O–H groups in total. The van der Waals surface area contributed by atoms with Gasteiger partial charge in [-0.25, -0.2) is 0 Å². The number of benzene rings is 1. The molecule has 1 unspecified atom stereocenters. The van der Waals surface area contributed by atoms with Crippen LogP contribution < -0.4 is 0 Å². The second kappa shape index (κ2) is 5.61. The molecule has 0 saturated carbocycles. The van der Waals surface area contributed by atoms with Gasteiger partial charge in [0.1, 0.15) is 5.78 Å². The summed E-state index contributed by atoms with van der Waals surface area (Å²) in [5.74, 6) is 0.423. The summed E-state index contributed by atoms with van der Waals surface area (Å²) in [4.78, 5) is 12.6. The van der Waals surface area contributed by atoms with Gasteiger partial charge >= 0.3 is 0 Å². The van der Waals surface area contributed by atoms with Crippen molar-refractivity contribution in [1.82, 2.24) is 0 Å². The summed E-state index contributed by atoms with van der Waals surface area (Å²) in [6.45, 7) is 1.65. The summed E-state index contributed by atoms with van der Waals surface area (Å²) >= 11 is 5.14. The Morgan fingerprint density at radius 1 is 1.29 bits per heavy atom. The molecule has 0 aliphatic carbocycles. The summed E-state index contributed by atoms with van der Waals surface area (Å²) in [6.07, 6.45) is 0.572. The fourth-order valence-corrected chi connectivity index (χ4v) is 2.97. The summed E-state index contributed by atoms with van der Waals surface area (Å²) in [5, 5.41) is 2.06. The lowest BCUT2D eigenvalue weighted by Gasteiger charge is -2.14. The minimum absolute atomic E-state index is 0.195. The van der Waals surface area contributed by atoms with E-state index in [9.17, 15) is 4.79 Å². The van der Waals surface area contributed by atoms with Crippen molar-refractivity contribution >= 4 is 33.0 Å². The number of carbonyl (C=O) groups is 1. The molecule has 0 amide bonds. The Hall–Kier alpha value is -0.930. The number of halogens is 1. The zero-order chi connectivity index (χ0) is 12.3. The second-order valence-electron chi connectivity index (χ2n) is 4.03. The van der Waals surface area contributed by atoms with Crippen molar-refractivity contribution in [2.24, 2.45) is 0 Å². The van der Waals surface area contributed by atoms with E-state index in [1.807, 2.05) is 18.2 Å². The van der Waals surface area contributed by atoms with Crippen LogP contribution in [0.3, 0.4) is 0 Å². The highest BCUT2D eigenvalue weighted by atomic mass is 79.9. The molecule has 0 saturated heterocycles. The molecule has 1 heterocycles. The minimum Gasteiger partial charge on any atom is -0.300 e. The summed E-state index contributed by atoms with van der Waals surface area (Å²) in [5.41, 5.74) is 1.20. The first-order valence-corrected chi connectivity index (χ1v) is 7.12. The van der Waals surface area contributed by atoms with Crippen molar-refractivity contribution in [2.75, 3.05) is 0 Å². The lowest BCUT2D eigenvalue weighted by Crippen LogP contribution is -2.04. The monoisotopic (exact) mass is 308 g/mol. The van der Waals surface area contributed by atoms with Crippen LogP contribution in [0.15, 0.2) is 46.3 Å². The highest BCUT2D eigenvalue weighted by Crippen LogP contribution is 2.32. The van der Waals surface area contributed by atoms with Crippen LogP contribution in [0.25, 0.3) is 0 Å². The van der Waals surface area contributed by atoms with E-state index in [2.05, 4.69) is 39.5 Å². The van der Waals surface area contributed by atoms with Crippen LogP contribution >= 0.6 is 27.3 Å². The van der Waals surface area contributed by atoms with E-state index >= 15 is 0 Å². The molecule has 88 valence electrons. The van der Waals surface area contributed by atoms with Gasteiger partial charge in [-0.3, -0.25) is 4.79 Å². The smallest absolute Gasteiger partial charge is 0.130 e. The molecule has 0 spiro atoms. The van der Waals surface area contributed by atoms with E-state index in [0.717, 1.165) is 4.47 Å². The molecule has 2 rings (SSSR count). The van der Waals surface area contributed by atoms with Gasteiger partial charge in [0.15, 0.2) is 0 Å². The molecule has 0 bridgehead atoms. The van der Waals surface area contributed by atoms with Crippen LogP contribution in [-0.2, 0) is 4.79 Å². The zero-order valence-corrected chi connectivity index (χ0v) is 11.9. The van der Waals surface area contributed by atoms with E-state index in [-0.39, 0.29) is 11.7 Å². The standard InChI is InChI=1S/C14H13BrOS/c1-10(16)9-13(14-3-2-8-17-14)11-4-6-12(15)7-5-11/h2-8,13H,9H2,1H3. The Labute approximate surface area is 114 Å². The van der Waals surface area contributed by atoms with Crippen LogP contribution in [-0.4, -0.2) is 5.78 Å². The Kier molecular flexibility index (Phi) is 4.13. The summed E-state index contributed by atoms with van der Waals surface area (Å²) in [6, 6.07) is 12.3. The van der Waals surface area contributed by atoms with Gasteiger partial charge < -0.3 is 0 Å². The van der Waals surface area contributed by atoms with Gasteiger partial charge in [0.05, 0.1) is 0 Å². The van der Waals surface area contributed by atoms with Gasteiger partial charge in [-0.2, -0.15) is 0 Å². The van der Waals surface area contributed by atoms with Gasteiger partial charge in [0, 0.05) is 21.7 Å². The van der Waals surface area contributed by atoms with Crippen LogP contribution in [0.2, 0.25) is 0 Å². The largest absolute Gasteiger partial charge is 0.300 e. The maximum atomic E-state index is 11.4. The van der Waals surface area contributed by atoms with Crippen molar-refractivity contribution in [2.45, 2.75) is 19.3 Å². The molecular formula is C14H13BrOS. The third kappa shape index (κ3) is 3.27. The number of carbonyl (C=O) groups excluding carboxylic acids is 1. The lowest BCUT2D eigenvalue weighted by atomic mass is 9.93. The Balaban J connectivity index is 2.33. The molecule has 0 aliphatic rings. The van der Waals surface area contributed by atoms with E-state index in [4.69, 9.17) is 0 Å². The van der Waals surface area contributed by atoms with E-state index in [0.29, 0.717) is 6.42 Å². The van der Waals surface area contributed by atoms with Crippen molar-refractivity contribution < 1.29 is 4.79 Å². The van der Waals surface area contributed by atoms with Crippen LogP contribution in [0.5, 0.6) is 0 Å². The lowest BCUT2D eigenvalue weighted by molar-refractivity contribution is -0.117. The van der Waals surface area contributed by atoms with Crippen LogP contribution in [0, 0.1) is 0 Å². The quantitative estimate of drug-likeness (QED) is 0.805. The van der Waals surface area contributed by atoms with Gasteiger partial charge in [-0.1, -0.05) is 34.1 Å². The first-order chi connectivity index (χ1) is 8.16. The van der Waals surface area contributed by atoms with Crippen LogP contribution in [0.1, 0.15) is 29.7 Å². The van der Waals surface area contributed by atoms with Crippen molar-refractivity contribution in [3.8, 4) is 0 Å². The predicted molar refractivity (Wildman–Crippen MR) is 75.6 cm³/mol. The summed E-state index contributed by atoms with van der Waals surface area (Å²) < 4.78 is 1.06. The highest BCUT2D eigenvalue weighted by Gasteiger charge is 2.17. The maximum absolute atomic E-state index is 11.4. The highest BCUT2D eigenvalue weighted by molar-refractivity contribution is 9.10. The van der Waals surface area contributed by atoms with Gasteiger partial charge in [0.25, 0.3) is 0 Å². The molecule has 0 radical (unpaired) electrons. The molecule has 1 atom stereocenters. The number of hydrogen-bond donors (Lipinski definition) is 0. The Bertz CT molecular complexity index is 487. The molecule has 1 aromatic heterocycles. The third-order valence-electron chi connectivity index (χ3n) is 2.65. The van der Waals surface area contributed by atoms with Gasteiger partial charge in [-0.05, 0) is 36.1 Å². The zero-order valence-electron chi connectivity index (χ0n) is 9.52. The molecule has 1 aromatic carbocycles. The fourth-order valence-electron chi connectivity index (χ4n) is 1.85. The Morgan fingerprint density at radius 3 is 2.53 bits per heavy atom. The van der Waals surface area contributed by atoms with Crippen molar-refractivity contribution in [3.63, 3.8) is 0 Å². The number of thiophene rings is 1. The molecule has 17 heavy (non-hydrogen) atoms. The normalized spacial score (nSPS) is 12.4. The topological polar surface area (TPSA) is 17.1 Å². The number of ketones is 1. The maximum Gasteiger partial charge on any atom is 0.130 e. The molecule has 1 nitrogen and oxygen atoms in total.